The first kappa shape index (κ1) is 23.6. The SMILES string of the molecule is CC(C)(C)OC(=O)NCC(=O)N1C[C@@H]2C[C@H]1CN2Cc1ccc(Oc2nc3ccccc3s2)cc1. The molecule has 2 saturated heterocycles. The fourth-order valence-electron chi connectivity index (χ4n) is 4.70. The first-order valence-electron chi connectivity index (χ1n) is 11.9. The summed E-state index contributed by atoms with van der Waals surface area (Å²) in [6.07, 6.45) is 0.407. The summed E-state index contributed by atoms with van der Waals surface area (Å²) < 4.78 is 12.3. The zero-order chi connectivity index (χ0) is 24.6. The molecular weight excluding hydrogens is 464 g/mol. The van der Waals surface area contributed by atoms with Crippen molar-refractivity contribution in [3.63, 3.8) is 0 Å². The molecule has 35 heavy (non-hydrogen) atoms. The van der Waals surface area contributed by atoms with Crippen LogP contribution in [0.15, 0.2) is 48.5 Å². The van der Waals surface area contributed by atoms with Gasteiger partial charge in [-0.2, -0.15) is 0 Å². The van der Waals surface area contributed by atoms with E-state index in [1.54, 1.807) is 20.8 Å². The highest BCUT2D eigenvalue weighted by molar-refractivity contribution is 7.20. The van der Waals surface area contributed by atoms with Gasteiger partial charge in [0.25, 0.3) is 5.19 Å². The molecule has 9 heteroatoms. The summed E-state index contributed by atoms with van der Waals surface area (Å²) >= 11 is 1.54. The Balaban J connectivity index is 1.10. The van der Waals surface area contributed by atoms with Crippen LogP contribution in [-0.2, 0) is 16.1 Å². The topological polar surface area (TPSA) is 84.0 Å². The molecule has 3 heterocycles. The van der Waals surface area contributed by atoms with Gasteiger partial charge in [-0.1, -0.05) is 35.6 Å². The molecule has 184 valence electrons. The number of benzene rings is 2. The van der Waals surface area contributed by atoms with Gasteiger partial charge in [0.15, 0.2) is 0 Å². The Labute approximate surface area is 208 Å². The van der Waals surface area contributed by atoms with E-state index in [0.29, 0.717) is 17.8 Å². The van der Waals surface area contributed by atoms with Crippen LogP contribution in [-0.4, -0.2) is 64.1 Å². The van der Waals surface area contributed by atoms with Crippen molar-refractivity contribution in [3.8, 4) is 10.9 Å². The number of amides is 2. The highest BCUT2D eigenvalue weighted by Gasteiger charge is 2.44. The molecule has 2 bridgehead atoms. The second-order valence-corrected chi connectivity index (χ2v) is 11.1. The molecule has 8 nitrogen and oxygen atoms in total. The Morgan fingerprint density at radius 2 is 1.86 bits per heavy atom. The summed E-state index contributed by atoms with van der Waals surface area (Å²) in [7, 11) is 0. The molecule has 0 radical (unpaired) electrons. The first-order chi connectivity index (χ1) is 16.7. The molecule has 3 aromatic rings. The predicted octanol–water partition coefficient (Wildman–Crippen LogP) is 4.40. The monoisotopic (exact) mass is 494 g/mol. The van der Waals surface area contributed by atoms with Crippen LogP contribution in [0.25, 0.3) is 10.2 Å². The largest absolute Gasteiger partial charge is 0.444 e. The molecule has 2 aliphatic rings. The van der Waals surface area contributed by atoms with Crippen LogP contribution in [0.5, 0.6) is 10.9 Å². The van der Waals surface area contributed by atoms with Gasteiger partial charge in [0, 0.05) is 31.7 Å². The average molecular weight is 495 g/mol. The fourth-order valence-corrected chi connectivity index (χ4v) is 5.54. The van der Waals surface area contributed by atoms with Crippen LogP contribution in [0.3, 0.4) is 0 Å². The lowest BCUT2D eigenvalue weighted by Gasteiger charge is -2.34. The van der Waals surface area contributed by atoms with E-state index in [0.717, 1.165) is 35.5 Å². The molecular formula is C26H30N4O4S. The second-order valence-electron chi connectivity index (χ2n) is 10.1. The maximum Gasteiger partial charge on any atom is 0.408 e. The lowest BCUT2D eigenvalue weighted by Crippen LogP contribution is -2.51. The highest BCUT2D eigenvalue weighted by atomic mass is 32.1. The van der Waals surface area contributed by atoms with Gasteiger partial charge in [-0.3, -0.25) is 9.69 Å². The van der Waals surface area contributed by atoms with Gasteiger partial charge in [0.2, 0.25) is 5.91 Å². The van der Waals surface area contributed by atoms with Crippen molar-refractivity contribution < 1.29 is 19.1 Å². The van der Waals surface area contributed by atoms with Gasteiger partial charge in [0.05, 0.1) is 10.2 Å². The number of hydrogen-bond acceptors (Lipinski definition) is 7. The maximum absolute atomic E-state index is 12.6. The van der Waals surface area contributed by atoms with Crippen LogP contribution in [0.4, 0.5) is 4.79 Å². The zero-order valence-corrected chi connectivity index (χ0v) is 21.0. The number of hydrogen-bond donors (Lipinski definition) is 1. The van der Waals surface area contributed by atoms with E-state index in [1.165, 1.54) is 16.9 Å². The van der Waals surface area contributed by atoms with Crippen molar-refractivity contribution in [1.29, 1.82) is 0 Å². The van der Waals surface area contributed by atoms with E-state index >= 15 is 0 Å². The number of nitrogens with zero attached hydrogens (tertiary/aromatic N) is 3. The number of fused-ring (bicyclic) bond motifs is 3. The van der Waals surface area contributed by atoms with Crippen molar-refractivity contribution in [2.24, 2.45) is 0 Å². The number of carbonyl (C=O) groups is 2. The number of likely N-dealkylation sites (tertiary alicyclic amines) is 2. The lowest BCUT2D eigenvalue weighted by atomic mass is 10.2. The van der Waals surface area contributed by atoms with Crippen molar-refractivity contribution in [1.82, 2.24) is 20.1 Å². The van der Waals surface area contributed by atoms with Crippen LogP contribution < -0.4 is 10.1 Å². The molecule has 0 aliphatic carbocycles. The van der Waals surface area contributed by atoms with Gasteiger partial charge >= 0.3 is 6.09 Å². The van der Waals surface area contributed by atoms with Crippen molar-refractivity contribution in [2.75, 3.05) is 19.6 Å². The number of rotatable bonds is 6. The number of alkyl carbamates (subject to hydrolysis) is 1. The molecule has 2 aromatic carbocycles. The normalized spacial score (nSPS) is 19.8. The number of aromatic nitrogens is 1. The number of nitrogens with one attached hydrogen (secondary N) is 1. The zero-order valence-electron chi connectivity index (χ0n) is 20.2. The maximum atomic E-state index is 12.6. The number of para-hydroxylation sites is 1. The molecule has 0 saturated carbocycles. The molecule has 5 rings (SSSR count). The number of thiazole rings is 1. The van der Waals surface area contributed by atoms with E-state index in [-0.39, 0.29) is 18.5 Å². The quantitative estimate of drug-likeness (QED) is 0.547. The Morgan fingerprint density at radius 3 is 2.54 bits per heavy atom. The Kier molecular flexibility index (Phi) is 6.37. The third kappa shape index (κ3) is 5.57. The van der Waals surface area contributed by atoms with E-state index in [4.69, 9.17) is 9.47 Å². The van der Waals surface area contributed by atoms with Crippen molar-refractivity contribution >= 4 is 33.6 Å². The summed E-state index contributed by atoms with van der Waals surface area (Å²) in [4.78, 5) is 33.3. The molecule has 2 amide bonds. The number of ether oxygens (including phenoxy) is 2. The summed E-state index contributed by atoms with van der Waals surface area (Å²) in [6.45, 7) is 7.73. The van der Waals surface area contributed by atoms with Gasteiger partial charge < -0.3 is 19.7 Å². The average Bonchev–Trinajstić information content (AvgIpc) is 3.51. The summed E-state index contributed by atoms with van der Waals surface area (Å²) in [5, 5.41) is 3.22. The minimum atomic E-state index is -0.583. The fraction of sp³-hybridized carbons (Fsp3) is 0.423. The molecule has 1 N–H and O–H groups in total. The Morgan fingerprint density at radius 1 is 1.09 bits per heavy atom. The standard InChI is InChI=1S/C26H30N4O4S/c1-26(2,3)34-24(32)27-13-23(31)30-16-18-12-19(30)15-29(18)14-17-8-10-20(11-9-17)33-25-28-21-6-4-5-7-22(21)35-25/h4-11,18-19H,12-16H2,1-3H3,(H,27,32)/t18-,19-/m0/s1. The van der Waals surface area contributed by atoms with E-state index in [9.17, 15) is 9.59 Å². The van der Waals surface area contributed by atoms with Crippen LogP contribution >= 0.6 is 11.3 Å². The second kappa shape index (κ2) is 9.47. The third-order valence-corrected chi connectivity index (χ3v) is 7.16. The minimum absolute atomic E-state index is 0.0335. The lowest BCUT2D eigenvalue weighted by molar-refractivity contribution is -0.132. The van der Waals surface area contributed by atoms with E-state index in [1.807, 2.05) is 41.3 Å². The predicted molar refractivity (Wildman–Crippen MR) is 135 cm³/mol. The van der Waals surface area contributed by atoms with E-state index < -0.39 is 11.7 Å². The highest BCUT2D eigenvalue weighted by Crippen LogP contribution is 2.33. The molecule has 0 unspecified atom stereocenters. The molecule has 2 fully saturated rings. The van der Waals surface area contributed by atoms with Crippen LogP contribution in [0.2, 0.25) is 0 Å². The van der Waals surface area contributed by atoms with Gasteiger partial charge in [-0.05, 0) is 57.0 Å². The van der Waals surface area contributed by atoms with Crippen LogP contribution in [0, 0.1) is 0 Å². The van der Waals surface area contributed by atoms with Gasteiger partial charge in [-0.15, -0.1) is 0 Å². The van der Waals surface area contributed by atoms with Crippen LogP contribution in [0.1, 0.15) is 32.8 Å². The Hall–Kier alpha value is -3.17. The van der Waals surface area contributed by atoms with E-state index in [2.05, 4.69) is 27.3 Å². The summed E-state index contributed by atoms with van der Waals surface area (Å²) in [6, 6.07) is 16.7. The third-order valence-electron chi connectivity index (χ3n) is 6.25. The van der Waals surface area contributed by atoms with Gasteiger partial charge in [-0.25, -0.2) is 9.78 Å². The molecule has 0 spiro atoms. The minimum Gasteiger partial charge on any atom is -0.444 e. The molecule has 2 atom stereocenters. The number of piperazine rings is 1. The smallest absolute Gasteiger partial charge is 0.408 e. The summed E-state index contributed by atoms with van der Waals surface area (Å²) in [5.41, 5.74) is 1.57. The van der Waals surface area contributed by atoms with Gasteiger partial charge in [0.1, 0.15) is 17.9 Å². The number of carbonyl (C=O) groups excluding carboxylic acids is 2. The molecule has 1 aromatic heterocycles. The van der Waals surface area contributed by atoms with Crippen molar-refractivity contribution in [2.45, 2.75) is 51.4 Å². The first-order valence-corrected chi connectivity index (χ1v) is 12.7. The molecule has 2 aliphatic heterocycles. The van der Waals surface area contributed by atoms with Crippen molar-refractivity contribution in [3.05, 3.63) is 54.1 Å². The summed E-state index contributed by atoms with van der Waals surface area (Å²) in [5.74, 6) is 0.712. The Bertz CT molecular complexity index is 1190.